The summed E-state index contributed by atoms with van der Waals surface area (Å²) >= 11 is 0. The summed E-state index contributed by atoms with van der Waals surface area (Å²) in [5.41, 5.74) is 0.200. The van der Waals surface area contributed by atoms with Crippen molar-refractivity contribution in [3.8, 4) is 0 Å². The molecule has 1 aromatic heterocycles. The fourth-order valence-electron chi connectivity index (χ4n) is 2.51. The second-order valence-corrected chi connectivity index (χ2v) is 6.73. The maximum Gasteiger partial charge on any atom is 0.138 e. The van der Waals surface area contributed by atoms with E-state index in [0.29, 0.717) is 17.9 Å². The van der Waals surface area contributed by atoms with Gasteiger partial charge < -0.3 is 5.32 Å². The van der Waals surface area contributed by atoms with Crippen LogP contribution in [0.4, 0.5) is 0 Å². The molecule has 4 nitrogen and oxygen atoms in total. The molecule has 0 spiro atoms. The Labute approximate surface area is 110 Å². The lowest BCUT2D eigenvalue weighted by atomic mass is 9.72. The summed E-state index contributed by atoms with van der Waals surface area (Å²) in [5, 5.41) is 7.95. The first kappa shape index (κ1) is 13.5. The first-order valence-electron chi connectivity index (χ1n) is 7.03. The van der Waals surface area contributed by atoms with Gasteiger partial charge >= 0.3 is 0 Å². The van der Waals surface area contributed by atoms with Crippen LogP contribution >= 0.6 is 0 Å². The van der Waals surface area contributed by atoms with Crippen LogP contribution in [-0.4, -0.2) is 26.8 Å². The van der Waals surface area contributed by atoms with E-state index in [1.54, 1.807) is 6.33 Å². The van der Waals surface area contributed by atoms with Gasteiger partial charge in [0.25, 0.3) is 0 Å². The molecule has 1 aliphatic carbocycles. The fraction of sp³-hybridized carbons (Fsp3) is 0.857. The summed E-state index contributed by atoms with van der Waals surface area (Å²) in [6.45, 7) is 12.1. The van der Waals surface area contributed by atoms with Crippen molar-refractivity contribution in [1.82, 2.24) is 20.1 Å². The predicted molar refractivity (Wildman–Crippen MR) is 73.6 cm³/mol. The molecule has 0 saturated heterocycles. The van der Waals surface area contributed by atoms with Gasteiger partial charge in [-0.05, 0) is 59.9 Å². The van der Waals surface area contributed by atoms with E-state index in [1.165, 1.54) is 18.7 Å². The second-order valence-electron chi connectivity index (χ2n) is 6.73. The summed E-state index contributed by atoms with van der Waals surface area (Å²) in [6, 6.07) is 0.402. The average molecular weight is 250 g/mol. The van der Waals surface area contributed by atoms with Crippen LogP contribution < -0.4 is 5.32 Å². The van der Waals surface area contributed by atoms with Crippen molar-refractivity contribution in [1.29, 1.82) is 0 Å². The molecular formula is C14H26N4. The molecule has 102 valence electrons. The summed E-state index contributed by atoms with van der Waals surface area (Å²) < 4.78 is 2.08. The lowest BCUT2D eigenvalue weighted by Crippen LogP contribution is -2.43. The van der Waals surface area contributed by atoms with Crippen LogP contribution in [0.5, 0.6) is 0 Å². The second kappa shape index (κ2) is 5.00. The van der Waals surface area contributed by atoms with Crippen LogP contribution in [0.15, 0.2) is 6.33 Å². The third-order valence-electron chi connectivity index (χ3n) is 3.73. The SMILES string of the molecule is CC(C)n1ncnc1C1CCC1CNC(C)(C)C. The minimum Gasteiger partial charge on any atom is -0.312 e. The summed E-state index contributed by atoms with van der Waals surface area (Å²) in [4.78, 5) is 4.48. The van der Waals surface area contributed by atoms with Crippen molar-refractivity contribution in [3.63, 3.8) is 0 Å². The number of nitrogens with zero attached hydrogens (tertiary/aromatic N) is 3. The quantitative estimate of drug-likeness (QED) is 0.893. The summed E-state index contributed by atoms with van der Waals surface area (Å²) in [7, 11) is 0. The van der Waals surface area contributed by atoms with Crippen molar-refractivity contribution in [2.75, 3.05) is 6.54 Å². The van der Waals surface area contributed by atoms with Gasteiger partial charge in [-0.25, -0.2) is 9.67 Å². The van der Waals surface area contributed by atoms with Crippen LogP contribution in [0.2, 0.25) is 0 Å². The molecule has 0 aliphatic heterocycles. The molecule has 18 heavy (non-hydrogen) atoms. The lowest BCUT2D eigenvalue weighted by molar-refractivity contribution is 0.209. The van der Waals surface area contributed by atoms with Gasteiger partial charge in [0.2, 0.25) is 0 Å². The Bertz CT molecular complexity index is 389. The van der Waals surface area contributed by atoms with Crippen molar-refractivity contribution in [2.45, 2.75) is 65.0 Å². The Morgan fingerprint density at radius 3 is 2.61 bits per heavy atom. The van der Waals surface area contributed by atoms with Gasteiger partial charge in [0, 0.05) is 17.5 Å². The Hall–Kier alpha value is -0.900. The minimum absolute atomic E-state index is 0.200. The molecule has 0 aromatic carbocycles. The first-order valence-corrected chi connectivity index (χ1v) is 7.03. The van der Waals surface area contributed by atoms with E-state index in [-0.39, 0.29) is 5.54 Å². The predicted octanol–water partition coefficient (Wildman–Crippen LogP) is 2.74. The molecule has 1 aromatic rings. The molecule has 2 rings (SSSR count). The molecule has 0 amide bonds. The Morgan fingerprint density at radius 2 is 2.11 bits per heavy atom. The van der Waals surface area contributed by atoms with E-state index >= 15 is 0 Å². The first-order chi connectivity index (χ1) is 8.38. The zero-order chi connectivity index (χ0) is 13.3. The zero-order valence-corrected chi connectivity index (χ0v) is 12.3. The number of nitrogens with one attached hydrogen (secondary N) is 1. The van der Waals surface area contributed by atoms with Gasteiger partial charge in [-0.3, -0.25) is 0 Å². The molecule has 4 heteroatoms. The molecule has 0 bridgehead atoms. The topological polar surface area (TPSA) is 42.7 Å². The van der Waals surface area contributed by atoms with Crippen LogP contribution in [-0.2, 0) is 0 Å². The normalized spacial score (nSPS) is 24.3. The monoisotopic (exact) mass is 250 g/mol. The lowest BCUT2D eigenvalue weighted by Gasteiger charge is -2.38. The standard InChI is InChI=1S/C14H26N4/c1-10(2)18-13(15-9-17-18)12-7-6-11(12)8-16-14(3,4)5/h9-12,16H,6-8H2,1-5H3. The van der Waals surface area contributed by atoms with Crippen LogP contribution in [0, 0.1) is 5.92 Å². The van der Waals surface area contributed by atoms with Crippen LogP contribution in [0.3, 0.4) is 0 Å². The van der Waals surface area contributed by atoms with Gasteiger partial charge in [-0.1, -0.05) is 0 Å². The smallest absolute Gasteiger partial charge is 0.138 e. The molecule has 1 saturated carbocycles. The van der Waals surface area contributed by atoms with E-state index in [9.17, 15) is 0 Å². The highest BCUT2D eigenvalue weighted by atomic mass is 15.3. The van der Waals surface area contributed by atoms with Crippen molar-refractivity contribution >= 4 is 0 Å². The van der Waals surface area contributed by atoms with Gasteiger partial charge in [0.15, 0.2) is 0 Å². The fourth-order valence-corrected chi connectivity index (χ4v) is 2.51. The molecule has 2 unspecified atom stereocenters. The van der Waals surface area contributed by atoms with Gasteiger partial charge in [-0.15, -0.1) is 0 Å². The number of hydrogen-bond acceptors (Lipinski definition) is 3. The third kappa shape index (κ3) is 2.91. The molecule has 0 radical (unpaired) electrons. The van der Waals surface area contributed by atoms with E-state index in [4.69, 9.17) is 0 Å². The van der Waals surface area contributed by atoms with Crippen LogP contribution in [0.1, 0.15) is 65.2 Å². The maximum atomic E-state index is 4.48. The van der Waals surface area contributed by atoms with E-state index in [2.05, 4.69) is 54.7 Å². The van der Waals surface area contributed by atoms with Crippen molar-refractivity contribution < 1.29 is 0 Å². The van der Waals surface area contributed by atoms with Gasteiger partial charge in [0.05, 0.1) is 0 Å². The summed E-state index contributed by atoms with van der Waals surface area (Å²) in [6.07, 6.45) is 4.25. The van der Waals surface area contributed by atoms with Gasteiger partial charge in [0.1, 0.15) is 12.2 Å². The Morgan fingerprint density at radius 1 is 1.39 bits per heavy atom. The molecule has 2 atom stereocenters. The number of rotatable bonds is 4. The summed E-state index contributed by atoms with van der Waals surface area (Å²) in [5.74, 6) is 2.48. The zero-order valence-electron chi connectivity index (χ0n) is 12.3. The van der Waals surface area contributed by atoms with E-state index < -0.39 is 0 Å². The van der Waals surface area contributed by atoms with Crippen LogP contribution in [0.25, 0.3) is 0 Å². The largest absolute Gasteiger partial charge is 0.312 e. The molecule has 1 heterocycles. The molecule has 1 fully saturated rings. The van der Waals surface area contributed by atoms with E-state index in [0.717, 1.165) is 6.54 Å². The minimum atomic E-state index is 0.200. The Balaban J connectivity index is 1.99. The van der Waals surface area contributed by atoms with E-state index in [1.807, 2.05) is 0 Å². The third-order valence-corrected chi connectivity index (χ3v) is 3.73. The van der Waals surface area contributed by atoms with Gasteiger partial charge in [-0.2, -0.15) is 5.10 Å². The highest BCUT2D eigenvalue weighted by Crippen LogP contribution is 2.41. The molecule has 1 aliphatic rings. The maximum absolute atomic E-state index is 4.48. The highest BCUT2D eigenvalue weighted by molar-refractivity contribution is 5.06. The number of hydrogen-bond donors (Lipinski definition) is 1. The number of aromatic nitrogens is 3. The van der Waals surface area contributed by atoms with Crippen molar-refractivity contribution in [2.24, 2.45) is 5.92 Å². The highest BCUT2D eigenvalue weighted by Gasteiger charge is 2.36. The molecular weight excluding hydrogens is 224 g/mol. The van der Waals surface area contributed by atoms with Crippen molar-refractivity contribution in [3.05, 3.63) is 12.2 Å². The Kier molecular flexibility index (Phi) is 3.76. The molecule has 1 N–H and O–H groups in total. The average Bonchev–Trinajstić information content (AvgIpc) is 2.62.